The number of hydrogen-bond acceptors (Lipinski definition) is 7. The van der Waals surface area contributed by atoms with Crippen molar-refractivity contribution in [2.45, 2.75) is 25.6 Å². The number of anilines is 1. The summed E-state index contributed by atoms with van der Waals surface area (Å²) in [6.45, 7) is 2.05. The molecule has 1 aliphatic rings. The van der Waals surface area contributed by atoms with Crippen molar-refractivity contribution in [2.75, 3.05) is 25.9 Å². The standard InChI is InChI=1S/C26H26ClN7O2/c1-29-24(35)11-23-26(36)34(13-16-2-5-21-22(8-16)31-15-32-25(21)28)7-6-33(23)14-20-10-17-3-4-19(27)9-18(17)12-30-20/h2-5,8-10,12,15,23H,6-7,11,13-14H2,1H3,(H,29,35)(H2,28,31,32)/t23-/m0/s1. The minimum Gasteiger partial charge on any atom is -0.383 e. The second-order valence-corrected chi connectivity index (χ2v) is 9.34. The van der Waals surface area contributed by atoms with Crippen molar-refractivity contribution in [3.63, 3.8) is 0 Å². The van der Waals surface area contributed by atoms with Gasteiger partial charge in [0, 0.05) is 55.2 Å². The monoisotopic (exact) mass is 503 g/mol. The van der Waals surface area contributed by atoms with Gasteiger partial charge in [-0.15, -0.1) is 0 Å². The molecule has 2 aromatic heterocycles. The first-order chi connectivity index (χ1) is 17.4. The lowest BCUT2D eigenvalue weighted by Gasteiger charge is -2.40. The van der Waals surface area contributed by atoms with E-state index in [4.69, 9.17) is 17.3 Å². The SMILES string of the molecule is CNC(=O)C[C@H]1C(=O)N(Cc2ccc3c(N)ncnc3c2)CCN1Cc1cc2ccc(Cl)cc2cn1. The molecule has 0 saturated carbocycles. The summed E-state index contributed by atoms with van der Waals surface area (Å²) in [5, 5.41) is 6.06. The van der Waals surface area contributed by atoms with Crippen LogP contribution in [-0.2, 0) is 22.7 Å². The van der Waals surface area contributed by atoms with Gasteiger partial charge < -0.3 is 16.0 Å². The van der Waals surface area contributed by atoms with E-state index in [0.29, 0.717) is 37.0 Å². The highest BCUT2D eigenvalue weighted by molar-refractivity contribution is 6.31. The first-order valence-corrected chi connectivity index (χ1v) is 12.1. The largest absolute Gasteiger partial charge is 0.383 e. The molecule has 1 atom stereocenters. The van der Waals surface area contributed by atoms with Gasteiger partial charge in [-0.1, -0.05) is 23.7 Å². The van der Waals surface area contributed by atoms with E-state index in [1.807, 2.05) is 47.4 Å². The maximum absolute atomic E-state index is 13.6. The normalized spacial score (nSPS) is 16.6. The first kappa shape index (κ1) is 23.9. The summed E-state index contributed by atoms with van der Waals surface area (Å²) in [7, 11) is 1.58. The van der Waals surface area contributed by atoms with Crippen molar-refractivity contribution in [3.8, 4) is 0 Å². The number of carbonyl (C=O) groups is 2. The van der Waals surface area contributed by atoms with E-state index < -0.39 is 6.04 Å². The predicted molar refractivity (Wildman–Crippen MR) is 139 cm³/mol. The Labute approximate surface area is 213 Å². The topological polar surface area (TPSA) is 117 Å². The van der Waals surface area contributed by atoms with Crippen molar-refractivity contribution < 1.29 is 9.59 Å². The van der Waals surface area contributed by atoms with Crippen LogP contribution in [0.2, 0.25) is 5.02 Å². The molecule has 0 unspecified atom stereocenters. The molecule has 0 aliphatic carbocycles. The van der Waals surface area contributed by atoms with Gasteiger partial charge in [-0.2, -0.15) is 0 Å². The van der Waals surface area contributed by atoms with Crippen LogP contribution in [0.15, 0.2) is 55.0 Å². The third-order valence-electron chi connectivity index (χ3n) is 6.56. The number of carbonyl (C=O) groups excluding carboxylic acids is 2. The molecular weight excluding hydrogens is 478 g/mol. The van der Waals surface area contributed by atoms with Crippen LogP contribution in [-0.4, -0.2) is 62.7 Å². The smallest absolute Gasteiger partial charge is 0.240 e. The van der Waals surface area contributed by atoms with Gasteiger partial charge in [-0.3, -0.25) is 19.5 Å². The number of rotatable bonds is 6. The van der Waals surface area contributed by atoms with Gasteiger partial charge >= 0.3 is 0 Å². The van der Waals surface area contributed by atoms with Crippen LogP contribution in [0.3, 0.4) is 0 Å². The molecule has 10 heteroatoms. The van der Waals surface area contributed by atoms with Gasteiger partial charge in [0.2, 0.25) is 11.8 Å². The predicted octanol–water partition coefficient (Wildman–Crippen LogP) is 2.76. The summed E-state index contributed by atoms with van der Waals surface area (Å²) in [6, 6.07) is 12.8. The zero-order valence-electron chi connectivity index (χ0n) is 19.8. The van der Waals surface area contributed by atoms with Gasteiger partial charge in [0.25, 0.3) is 0 Å². The number of nitrogen functional groups attached to an aromatic ring is 1. The molecule has 1 fully saturated rings. The number of piperazine rings is 1. The van der Waals surface area contributed by atoms with E-state index in [2.05, 4.69) is 20.3 Å². The van der Waals surface area contributed by atoms with E-state index in [1.54, 1.807) is 18.1 Å². The Balaban J connectivity index is 1.36. The molecule has 0 bridgehead atoms. The molecule has 9 nitrogen and oxygen atoms in total. The quantitative estimate of drug-likeness (QED) is 0.415. The molecule has 3 N–H and O–H groups in total. The third kappa shape index (κ3) is 4.93. The van der Waals surface area contributed by atoms with E-state index in [0.717, 1.165) is 32.9 Å². The molecule has 0 spiro atoms. The second kappa shape index (κ2) is 10.0. The molecule has 2 aromatic carbocycles. The van der Waals surface area contributed by atoms with Gasteiger partial charge in [-0.05, 0) is 41.3 Å². The average molecular weight is 504 g/mol. The van der Waals surface area contributed by atoms with Crippen molar-refractivity contribution in [1.82, 2.24) is 30.1 Å². The highest BCUT2D eigenvalue weighted by Gasteiger charge is 2.36. The van der Waals surface area contributed by atoms with E-state index in [1.165, 1.54) is 6.33 Å². The van der Waals surface area contributed by atoms with Crippen molar-refractivity contribution >= 4 is 50.9 Å². The molecule has 36 heavy (non-hydrogen) atoms. The minimum atomic E-state index is -0.583. The zero-order chi connectivity index (χ0) is 25.2. The zero-order valence-corrected chi connectivity index (χ0v) is 20.6. The lowest BCUT2D eigenvalue weighted by Crippen LogP contribution is -2.57. The molecule has 1 saturated heterocycles. The summed E-state index contributed by atoms with van der Waals surface area (Å²) in [6.07, 6.45) is 3.30. The highest BCUT2D eigenvalue weighted by atomic mass is 35.5. The van der Waals surface area contributed by atoms with Crippen LogP contribution >= 0.6 is 11.6 Å². The number of aromatic nitrogens is 3. The molecule has 2 amide bonds. The Hall–Kier alpha value is -3.82. The van der Waals surface area contributed by atoms with Crippen LogP contribution < -0.4 is 11.1 Å². The summed E-state index contributed by atoms with van der Waals surface area (Å²) in [4.78, 5) is 42.6. The number of amides is 2. The number of halogens is 1. The lowest BCUT2D eigenvalue weighted by atomic mass is 10.0. The highest BCUT2D eigenvalue weighted by Crippen LogP contribution is 2.24. The van der Waals surface area contributed by atoms with Gasteiger partial charge in [-0.25, -0.2) is 9.97 Å². The molecule has 3 heterocycles. The Morgan fingerprint density at radius 1 is 1.08 bits per heavy atom. The Morgan fingerprint density at radius 3 is 2.78 bits per heavy atom. The molecule has 1 aliphatic heterocycles. The summed E-state index contributed by atoms with van der Waals surface area (Å²) in [5.41, 5.74) is 8.44. The summed E-state index contributed by atoms with van der Waals surface area (Å²) < 4.78 is 0. The van der Waals surface area contributed by atoms with Crippen LogP contribution in [0.5, 0.6) is 0 Å². The fraction of sp³-hybridized carbons (Fsp3) is 0.269. The van der Waals surface area contributed by atoms with Gasteiger partial charge in [0.05, 0.1) is 23.7 Å². The van der Waals surface area contributed by atoms with Crippen molar-refractivity contribution in [2.24, 2.45) is 0 Å². The number of nitrogens with one attached hydrogen (secondary N) is 1. The summed E-state index contributed by atoms with van der Waals surface area (Å²) >= 11 is 6.09. The summed E-state index contributed by atoms with van der Waals surface area (Å²) in [5.74, 6) is 0.159. The molecular formula is C26H26ClN7O2. The first-order valence-electron chi connectivity index (χ1n) is 11.7. The second-order valence-electron chi connectivity index (χ2n) is 8.90. The van der Waals surface area contributed by atoms with Gasteiger partial charge in [0.1, 0.15) is 12.1 Å². The lowest BCUT2D eigenvalue weighted by molar-refractivity contribution is -0.145. The number of benzene rings is 2. The van der Waals surface area contributed by atoms with E-state index in [9.17, 15) is 9.59 Å². The van der Waals surface area contributed by atoms with Crippen LogP contribution in [0.4, 0.5) is 5.82 Å². The molecule has 0 radical (unpaired) electrons. The van der Waals surface area contributed by atoms with Crippen molar-refractivity contribution in [1.29, 1.82) is 0 Å². The van der Waals surface area contributed by atoms with Crippen LogP contribution in [0.1, 0.15) is 17.7 Å². The number of pyridine rings is 1. The Bertz CT molecular complexity index is 1460. The minimum absolute atomic E-state index is 0.0799. The fourth-order valence-corrected chi connectivity index (χ4v) is 4.80. The Morgan fingerprint density at radius 2 is 1.94 bits per heavy atom. The molecule has 5 rings (SSSR count). The fourth-order valence-electron chi connectivity index (χ4n) is 4.62. The average Bonchev–Trinajstić information content (AvgIpc) is 2.88. The molecule has 184 valence electrons. The third-order valence-corrected chi connectivity index (χ3v) is 6.80. The van der Waals surface area contributed by atoms with Crippen molar-refractivity contribution in [3.05, 3.63) is 71.3 Å². The number of nitrogens with two attached hydrogens (primary N) is 1. The van der Waals surface area contributed by atoms with Gasteiger partial charge in [0.15, 0.2) is 0 Å². The van der Waals surface area contributed by atoms with Crippen LogP contribution in [0.25, 0.3) is 21.7 Å². The van der Waals surface area contributed by atoms with E-state index >= 15 is 0 Å². The number of hydrogen-bond donors (Lipinski definition) is 2. The van der Waals surface area contributed by atoms with Crippen LogP contribution in [0, 0.1) is 0 Å². The maximum atomic E-state index is 13.6. The number of nitrogens with zero attached hydrogens (tertiary/aromatic N) is 5. The maximum Gasteiger partial charge on any atom is 0.240 e. The molecule has 4 aromatic rings. The Kier molecular flexibility index (Phi) is 6.67. The number of fused-ring (bicyclic) bond motifs is 2. The van der Waals surface area contributed by atoms with E-state index in [-0.39, 0.29) is 18.2 Å².